The van der Waals surface area contributed by atoms with Crippen LogP contribution in [0.25, 0.3) is 10.9 Å². The Bertz CT molecular complexity index is 1040. The van der Waals surface area contributed by atoms with E-state index >= 15 is 0 Å². The zero-order valence-electron chi connectivity index (χ0n) is 14.2. The molecule has 0 bridgehead atoms. The Kier molecular flexibility index (Phi) is 5.90. The lowest BCUT2D eigenvalue weighted by Crippen LogP contribution is -2.23. The standard InChI is InChI=1S/C19H18N2O3S2/c1-24-18(23)14-7-8-15-16(11-14)20-19(25)21(17(15)22)9-10-26-12-13-5-3-2-4-6-13/h2-8,11H,9-10,12H2,1H3,(H,20,25). The fraction of sp³-hybridized carbons (Fsp3) is 0.211. The van der Waals surface area contributed by atoms with Crippen LogP contribution in [-0.2, 0) is 17.0 Å². The highest BCUT2D eigenvalue weighted by atomic mass is 32.2. The molecule has 1 N–H and O–H groups in total. The van der Waals surface area contributed by atoms with Crippen LogP contribution in [0, 0.1) is 4.77 Å². The predicted molar refractivity (Wildman–Crippen MR) is 107 cm³/mol. The van der Waals surface area contributed by atoms with E-state index in [9.17, 15) is 9.59 Å². The summed E-state index contributed by atoms with van der Waals surface area (Å²) in [6, 6.07) is 15.0. The molecule has 3 aromatic rings. The summed E-state index contributed by atoms with van der Waals surface area (Å²) in [5.41, 5.74) is 2.02. The maximum absolute atomic E-state index is 12.7. The van der Waals surface area contributed by atoms with E-state index in [0.717, 1.165) is 11.5 Å². The summed E-state index contributed by atoms with van der Waals surface area (Å²) in [7, 11) is 1.32. The molecule has 0 aliphatic rings. The van der Waals surface area contributed by atoms with E-state index in [1.807, 2.05) is 18.2 Å². The minimum atomic E-state index is -0.451. The van der Waals surface area contributed by atoms with Crippen molar-refractivity contribution in [3.05, 3.63) is 74.8 Å². The van der Waals surface area contributed by atoms with E-state index in [0.29, 0.717) is 27.8 Å². The molecule has 0 aliphatic carbocycles. The third-order valence-electron chi connectivity index (χ3n) is 3.97. The Balaban J connectivity index is 1.77. The third kappa shape index (κ3) is 4.05. The van der Waals surface area contributed by atoms with Crippen LogP contribution in [-0.4, -0.2) is 28.4 Å². The van der Waals surface area contributed by atoms with Crippen LogP contribution in [0.15, 0.2) is 53.3 Å². The smallest absolute Gasteiger partial charge is 0.337 e. The summed E-state index contributed by atoms with van der Waals surface area (Å²) in [6.07, 6.45) is 0. The van der Waals surface area contributed by atoms with Crippen molar-refractivity contribution in [3.8, 4) is 0 Å². The Morgan fingerprint density at radius 1 is 1.23 bits per heavy atom. The number of aromatic nitrogens is 2. The van der Waals surface area contributed by atoms with Crippen molar-refractivity contribution < 1.29 is 9.53 Å². The van der Waals surface area contributed by atoms with Gasteiger partial charge in [-0.25, -0.2) is 4.79 Å². The van der Waals surface area contributed by atoms with Gasteiger partial charge in [-0.05, 0) is 36.0 Å². The van der Waals surface area contributed by atoms with Gasteiger partial charge in [-0.2, -0.15) is 11.8 Å². The molecule has 3 rings (SSSR count). The number of thioether (sulfide) groups is 1. The number of esters is 1. The molecule has 0 saturated heterocycles. The number of nitrogens with zero attached hydrogens (tertiary/aromatic N) is 1. The number of methoxy groups -OCH3 is 1. The van der Waals surface area contributed by atoms with Gasteiger partial charge in [0, 0.05) is 18.1 Å². The lowest BCUT2D eigenvalue weighted by molar-refractivity contribution is 0.0601. The van der Waals surface area contributed by atoms with Crippen LogP contribution < -0.4 is 5.56 Å². The van der Waals surface area contributed by atoms with Gasteiger partial charge in [0.05, 0.1) is 23.6 Å². The van der Waals surface area contributed by atoms with Crippen LogP contribution in [0.4, 0.5) is 0 Å². The van der Waals surface area contributed by atoms with Crippen molar-refractivity contribution in [2.24, 2.45) is 0 Å². The lowest BCUT2D eigenvalue weighted by Gasteiger charge is -2.09. The van der Waals surface area contributed by atoms with Crippen molar-refractivity contribution in [1.29, 1.82) is 0 Å². The molecule has 0 aliphatic heterocycles. The minimum Gasteiger partial charge on any atom is -0.465 e. The molecule has 5 nitrogen and oxygen atoms in total. The molecule has 0 atom stereocenters. The van der Waals surface area contributed by atoms with E-state index < -0.39 is 5.97 Å². The Hall–Kier alpha value is -2.38. The molecule has 26 heavy (non-hydrogen) atoms. The summed E-state index contributed by atoms with van der Waals surface area (Å²) in [6.45, 7) is 0.528. The SMILES string of the molecule is COC(=O)c1ccc2c(=O)n(CCSCc3ccccc3)c(=S)[nH]c2c1. The lowest BCUT2D eigenvalue weighted by atomic mass is 10.1. The molecular weight excluding hydrogens is 368 g/mol. The zero-order valence-corrected chi connectivity index (χ0v) is 15.9. The number of ether oxygens (including phenoxy) is 1. The Morgan fingerprint density at radius 2 is 2.00 bits per heavy atom. The Labute approximate surface area is 160 Å². The van der Waals surface area contributed by atoms with E-state index in [2.05, 4.69) is 17.1 Å². The molecule has 0 unspecified atom stereocenters. The zero-order chi connectivity index (χ0) is 18.5. The van der Waals surface area contributed by atoms with Crippen molar-refractivity contribution in [2.75, 3.05) is 12.9 Å². The Morgan fingerprint density at radius 3 is 2.73 bits per heavy atom. The van der Waals surface area contributed by atoms with Gasteiger partial charge in [0.15, 0.2) is 4.77 Å². The van der Waals surface area contributed by atoms with E-state index in [4.69, 9.17) is 17.0 Å². The highest BCUT2D eigenvalue weighted by Gasteiger charge is 2.10. The number of fused-ring (bicyclic) bond motifs is 1. The van der Waals surface area contributed by atoms with Crippen LogP contribution in [0.3, 0.4) is 0 Å². The van der Waals surface area contributed by atoms with Crippen molar-refractivity contribution in [1.82, 2.24) is 9.55 Å². The largest absolute Gasteiger partial charge is 0.465 e. The summed E-state index contributed by atoms with van der Waals surface area (Å²) in [4.78, 5) is 27.4. The summed E-state index contributed by atoms with van der Waals surface area (Å²) >= 11 is 7.08. The second-order valence-electron chi connectivity index (χ2n) is 5.68. The third-order valence-corrected chi connectivity index (χ3v) is 5.30. The van der Waals surface area contributed by atoms with Crippen molar-refractivity contribution in [2.45, 2.75) is 12.3 Å². The second-order valence-corrected chi connectivity index (χ2v) is 7.17. The molecule has 134 valence electrons. The first-order chi connectivity index (χ1) is 12.6. The van der Waals surface area contributed by atoms with Crippen LogP contribution in [0.1, 0.15) is 15.9 Å². The number of rotatable bonds is 6. The van der Waals surface area contributed by atoms with Crippen LogP contribution >= 0.6 is 24.0 Å². The molecule has 0 amide bonds. The van der Waals surface area contributed by atoms with Gasteiger partial charge in [-0.3, -0.25) is 9.36 Å². The number of hydrogen-bond donors (Lipinski definition) is 1. The molecule has 0 fully saturated rings. The van der Waals surface area contributed by atoms with Gasteiger partial charge < -0.3 is 9.72 Å². The number of benzene rings is 2. The highest BCUT2D eigenvalue weighted by Crippen LogP contribution is 2.14. The molecule has 1 aromatic heterocycles. The quantitative estimate of drug-likeness (QED) is 0.397. The molecule has 2 aromatic carbocycles. The van der Waals surface area contributed by atoms with Gasteiger partial charge >= 0.3 is 5.97 Å². The van der Waals surface area contributed by atoms with Crippen molar-refractivity contribution >= 4 is 40.9 Å². The number of hydrogen-bond acceptors (Lipinski definition) is 5. The number of H-pyrrole nitrogens is 1. The topological polar surface area (TPSA) is 64.1 Å². The first-order valence-corrected chi connectivity index (χ1v) is 9.63. The summed E-state index contributed by atoms with van der Waals surface area (Å²) in [5, 5.41) is 0.499. The van der Waals surface area contributed by atoms with E-state index in [1.165, 1.54) is 12.7 Å². The first-order valence-electron chi connectivity index (χ1n) is 8.07. The first kappa shape index (κ1) is 18.4. The minimum absolute atomic E-state index is 0.152. The molecule has 7 heteroatoms. The van der Waals surface area contributed by atoms with Crippen LogP contribution in [0.2, 0.25) is 0 Å². The van der Waals surface area contributed by atoms with Gasteiger partial charge in [-0.15, -0.1) is 0 Å². The average Bonchev–Trinajstić information content (AvgIpc) is 2.67. The molecule has 0 spiro atoms. The second kappa shape index (κ2) is 8.33. The summed E-state index contributed by atoms with van der Waals surface area (Å²) < 4.78 is 6.62. The number of carbonyl (C=O) groups is 1. The average molecular weight is 386 g/mol. The number of aromatic amines is 1. The maximum Gasteiger partial charge on any atom is 0.337 e. The van der Waals surface area contributed by atoms with Gasteiger partial charge in [0.2, 0.25) is 0 Å². The number of nitrogens with one attached hydrogen (secondary N) is 1. The van der Waals surface area contributed by atoms with Gasteiger partial charge in [0.1, 0.15) is 0 Å². The molecule has 0 saturated carbocycles. The fourth-order valence-corrected chi connectivity index (χ4v) is 3.79. The van der Waals surface area contributed by atoms with Crippen molar-refractivity contribution in [3.63, 3.8) is 0 Å². The monoisotopic (exact) mass is 386 g/mol. The molecule has 1 heterocycles. The maximum atomic E-state index is 12.7. The van der Waals surface area contributed by atoms with E-state index in [1.54, 1.807) is 34.5 Å². The highest BCUT2D eigenvalue weighted by molar-refractivity contribution is 7.98. The molecule has 0 radical (unpaired) electrons. The summed E-state index contributed by atoms with van der Waals surface area (Å²) in [5.74, 6) is 1.22. The van der Waals surface area contributed by atoms with Crippen LogP contribution in [0.5, 0.6) is 0 Å². The molecular formula is C19H18N2O3S2. The fourth-order valence-electron chi connectivity index (χ4n) is 2.62. The predicted octanol–water partition coefficient (Wildman–Crippen LogP) is 3.78. The van der Waals surface area contributed by atoms with Gasteiger partial charge in [0.25, 0.3) is 5.56 Å². The van der Waals surface area contributed by atoms with Gasteiger partial charge in [-0.1, -0.05) is 30.3 Å². The number of carbonyl (C=O) groups excluding carboxylic acids is 1. The van der Waals surface area contributed by atoms with E-state index in [-0.39, 0.29) is 5.56 Å². The normalized spacial score (nSPS) is 10.8.